The van der Waals surface area contributed by atoms with Crippen molar-refractivity contribution in [3.63, 3.8) is 0 Å². The van der Waals surface area contributed by atoms with E-state index in [0.29, 0.717) is 0 Å². The number of aryl methyl sites for hydroxylation is 1. The van der Waals surface area contributed by atoms with Gasteiger partial charge in [-0.3, -0.25) is 0 Å². The zero-order chi connectivity index (χ0) is 14.9. The zero-order valence-corrected chi connectivity index (χ0v) is 13.6. The summed E-state index contributed by atoms with van der Waals surface area (Å²) in [6.45, 7) is 6.93. The quantitative estimate of drug-likeness (QED) is 0.618. The standard InChI is InChI=1S/C21H26/c1-4-7-10-16-13-14-20-18(15-16)17-11-8-9-12-19(17)21(20,5-2)6-3/h8-9,11-15H,4-7,10H2,1-3H3. The molecule has 0 heterocycles. The van der Waals surface area contributed by atoms with E-state index >= 15 is 0 Å². The second-order valence-electron chi connectivity index (χ2n) is 6.32. The average Bonchev–Trinajstić information content (AvgIpc) is 2.83. The van der Waals surface area contributed by atoms with Crippen molar-refractivity contribution in [2.45, 2.75) is 58.3 Å². The Hall–Kier alpha value is -1.56. The van der Waals surface area contributed by atoms with Crippen molar-refractivity contribution in [3.8, 4) is 11.1 Å². The maximum absolute atomic E-state index is 2.46. The lowest BCUT2D eigenvalue weighted by Crippen LogP contribution is -2.22. The van der Waals surface area contributed by atoms with E-state index in [9.17, 15) is 0 Å². The minimum absolute atomic E-state index is 0.231. The van der Waals surface area contributed by atoms with Gasteiger partial charge in [0, 0.05) is 5.41 Å². The smallest absolute Gasteiger partial charge is 0.0210 e. The van der Waals surface area contributed by atoms with Crippen LogP contribution in [0.3, 0.4) is 0 Å². The Morgan fingerprint density at radius 3 is 2.24 bits per heavy atom. The molecule has 0 spiro atoms. The van der Waals surface area contributed by atoms with Crippen molar-refractivity contribution in [2.75, 3.05) is 0 Å². The van der Waals surface area contributed by atoms with Gasteiger partial charge in [0.25, 0.3) is 0 Å². The third-order valence-electron chi connectivity index (χ3n) is 5.36. The first-order valence-corrected chi connectivity index (χ1v) is 8.50. The molecule has 0 unspecified atom stereocenters. The molecule has 0 amide bonds. The summed E-state index contributed by atoms with van der Waals surface area (Å²) in [7, 11) is 0. The first kappa shape index (κ1) is 14.4. The molecule has 0 N–H and O–H groups in total. The highest BCUT2D eigenvalue weighted by Gasteiger charge is 2.39. The van der Waals surface area contributed by atoms with Gasteiger partial charge in [-0.15, -0.1) is 0 Å². The molecule has 0 aliphatic heterocycles. The van der Waals surface area contributed by atoms with Crippen molar-refractivity contribution < 1.29 is 0 Å². The van der Waals surface area contributed by atoms with Crippen LogP contribution in [0, 0.1) is 0 Å². The summed E-state index contributed by atoms with van der Waals surface area (Å²) in [5.74, 6) is 0. The maximum atomic E-state index is 2.46. The zero-order valence-electron chi connectivity index (χ0n) is 13.6. The molecular formula is C21H26. The molecule has 0 saturated carbocycles. The van der Waals surface area contributed by atoms with Crippen molar-refractivity contribution >= 4 is 0 Å². The lowest BCUT2D eigenvalue weighted by molar-refractivity contribution is 0.490. The van der Waals surface area contributed by atoms with Crippen LogP contribution in [-0.2, 0) is 11.8 Å². The average molecular weight is 278 g/mol. The van der Waals surface area contributed by atoms with Crippen LogP contribution in [-0.4, -0.2) is 0 Å². The van der Waals surface area contributed by atoms with Crippen LogP contribution in [0.1, 0.15) is 63.1 Å². The molecule has 1 aliphatic rings. The highest BCUT2D eigenvalue weighted by atomic mass is 14.4. The molecule has 3 rings (SSSR count). The molecule has 2 aromatic rings. The van der Waals surface area contributed by atoms with E-state index in [2.05, 4.69) is 63.2 Å². The van der Waals surface area contributed by atoms with Gasteiger partial charge in [-0.2, -0.15) is 0 Å². The molecule has 0 aromatic heterocycles. The van der Waals surface area contributed by atoms with Gasteiger partial charge in [-0.05, 0) is 53.5 Å². The Kier molecular flexibility index (Phi) is 3.89. The van der Waals surface area contributed by atoms with Crippen molar-refractivity contribution in [1.29, 1.82) is 0 Å². The second-order valence-corrected chi connectivity index (χ2v) is 6.32. The van der Waals surface area contributed by atoms with E-state index in [-0.39, 0.29) is 5.41 Å². The fourth-order valence-corrected chi connectivity index (χ4v) is 4.06. The Morgan fingerprint density at radius 1 is 0.810 bits per heavy atom. The van der Waals surface area contributed by atoms with Gasteiger partial charge in [0.2, 0.25) is 0 Å². The first-order chi connectivity index (χ1) is 10.3. The van der Waals surface area contributed by atoms with Crippen molar-refractivity contribution in [3.05, 3.63) is 59.2 Å². The Labute approximate surface area is 129 Å². The highest BCUT2D eigenvalue weighted by Crippen LogP contribution is 2.52. The SMILES string of the molecule is CCCCc1ccc2c(c1)-c1ccccc1C2(CC)CC. The van der Waals surface area contributed by atoms with Gasteiger partial charge in [0.1, 0.15) is 0 Å². The summed E-state index contributed by atoms with van der Waals surface area (Å²) in [4.78, 5) is 0. The molecule has 21 heavy (non-hydrogen) atoms. The number of hydrogen-bond donors (Lipinski definition) is 0. The van der Waals surface area contributed by atoms with Gasteiger partial charge in [-0.1, -0.05) is 69.7 Å². The summed E-state index contributed by atoms with van der Waals surface area (Å²) in [6, 6.07) is 16.3. The predicted molar refractivity (Wildman–Crippen MR) is 91.9 cm³/mol. The molecule has 0 radical (unpaired) electrons. The molecule has 0 heteroatoms. The molecule has 110 valence electrons. The number of rotatable bonds is 5. The number of benzene rings is 2. The Morgan fingerprint density at radius 2 is 1.52 bits per heavy atom. The van der Waals surface area contributed by atoms with Gasteiger partial charge in [-0.25, -0.2) is 0 Å². The molecule has 0 bridgehead atoms. The van der Waals surface area contributed by atoms with Gasteiger partial charge in [0.15, 0.2) is 0 Å². The Bertz CT molecular complexity index is 632. The van der Waals surface area contributed by atoms with E-state index in [1.165, 1.54) is 54.4 Å². The third kappa shape index (κ3) is 2.12. The molecule has 0 nitrogen and oxygen atoms in total. The van der Waals surface area contributed by atoms with Crippen LogP contribution in [0.25, 0.3) is 11.1 Å². The first-order valence-electron chi connectivity index (χ1n) is 8.50. The highest BCUT2D eigenvalue weighted by molar-refractivity contribution is 5.81. The molecule has 0 atom stereocenters. The van der Waals surface area contributed by atoms with Crippen molar-refractivity contribution in [1.82, 2.24) is 0 Å². The van der Waals surface area contributed by atoms with Crippen LogP contribution in [0.5, 0.6) is 0 Å². The Balaban J connectivity index is 2.16. The number of unbranched alkanes of at least 4 members (excludes halogenated alkanes) is 1. The lowest BCUT2D eigenvalue weighted by Gasteiger charge is -2.29. The van der Waals surface area contributed by atoms with Gasteiger partial charge >= 0.3 is 0 Å². The van der Waals surface area contributed by atoms with E-state index in [1.54, 1.807) is 5.56 Å². The molecule has 0 saturated heterocycles. The van der Waals surface area contributed by atoms with Crippen LogP contribution >= 0.6 is 0 Å². The van der Waals surface area contributed by atoms with E-state index in [1.807, 2.05) is 0 Å². The van der Waals surface area contributed by atoms with Gasteiger partial charge < -0.3 is 0 Å². The van der Waals surface area contributed by atoms with Crippen LogP contribution in [0.15, 0.2) is 42.5 Å². The van der Waals surface area contributed by atoms with E-state index in [0.717, 1.165) is 0 Å². The summed E-state index contributed by atoms with van der Waals surface area (Å²) in [5.41, 5.74) is 7.77. The molecular weight excluding hydrogens is 252 g/mol. The summed E-state index contributed by atoms with van der Waals surface area (Å²) in [5, 5.41) is 0. The van der Waals surface area contributed by atoms with Gasteiger partial charge in [0.05, 0.1) is 0 Å². The minimum Gasteiger partial charge on any atom is -0.0654 e. The lowest BCUT2D eigenvalue weighted by atomic mass is 9.74. The largest absolute Gasteiger partial charge is 0.0654 e. The van der Waals surface area contributed by atoms with Crippen LogP contribution in [0.2, 0.25) is 0 Å². The minimum atomic E-state index is 0.231. The number of fused-ring (bicyclic) bond motifs is 3. The predicted octanol–water partition coefficient (Wildman–Crippen LogP) is 6.12. The maximum Gasteiger partial charge on any atom is 0.0210 e. The van der Waals surface area contributed by atoms with E-state index < -0.39 is 0 Å². The molecule has 1 aliphatic carbocycles. The fourth-order valence-electron chi connectivity index (χ4n) is 4.06. The van der Waals surface area contributed by atoms with E-state index in [4.69, 9.17) is 0 Å². The monoisotopic (exact) mass is 278 g/mol. The topological polar surface area (TPSA) is 0 Å². The summed E-state index contributed by atoms with van der Waals surface area (Å²) >= 11 is 0. The summed E-state index contributed by atoms with van der Waals surface area (Å²) < 4.78 is 0. The molecule has 0 fully saturated rings. The third-order valence-corrected chi connectivity index (χ3v) is 5.36. The van der Waals surface area contributed by atoms with Crippen LogP contribution in [0.4, 0.5) is 0 Å². The second kappa shape index (κ2) is 5.67. The number of hydrogen-bond acceptors (Lipinski definition) is 0. The van der Waals surface area contributed by atoms with Crippen molar-refractivity contribution in [2.24, 2.45) is 0 Å². The normalized spacial score (nSPS) is 14.8. The summed E-state index contributed by atoms with van der Waals surface area (Å²) in [6.07, 6.45) is 6.12. The molecule has 2 aromatic carbocycles. The fraction of sp³-hybridized carbons (Fsp3) is 0.429. The van der Waals surface area contributed by atoms with Crippen LogP contribution < -0.4 is 0 Å².